The number of rotatable bonds is 5. The molecule has 1 fully saturated rings. The minimum Gasteiger partial charge on any atom is -0.466 e. The van der Waals surface area contributed by atoms with Crippen LogP contribution in [0.1, 0.15) is 19.8 Å². The molecule has 0 radical (unpaired) electrons. The number of esters is 2. The molecule has 8 heteroatoms. The number of amides is 2. The van der Waals surface area contributed by atoms with E-state index >= 15 is 0 Å². The number of hydrogen-bond acceptors (Lipinski definition) is 6. The van der Waals surface area contributed by atoms with Gasteiger partial charge in [-0.1, -0.05) is 0 Å². The van der Waals surface area contributed by atoms with Crippen molar-refractivity contribution in [1.29, 1.82) is 0 Å². The monoisotopic (exact) mass is 298 g/mol. The van der Waals surface area contributed by atoms with Crippen molar-refractivity contribution in [1.82, 2.24) is 4.90 Å². The highest BCUT2D eigenvalue weighted by Gasteiger charge is 2.36. The number of ether oxygens (including phenoxy) is 2. The number of likely N-dealkylation sites (tertiary alicyclic amines) is 1. The van der Waals surface area contributed by atoms with Crippen molar-refractivity contribution >= 4 is 23.8 Å². The number of nitrogens with zero attached hydrogens (tertiary/aromatic N) is 1. The van der Waals surface area contributed by atoms with Crippen molar-refractivity contribution in [2.75, 3.05) is 13.7 Å². The Labute approximate surface area is 121 Å². The molecule has 1 heterocycles. The zero-order chi connectivity index (χ0) is 16.0. The van der Waals surface area contributed by atoms with Crippen LogP contribution in [0.25, 0.3) is 0 Å². The predicted molar refractivity (Wildman–Crippen MR) is 70.6 cm³/mol. The fourth-order valence-electron chi connectivity index (χ4n) is 2.18. The molecule has 0 aromatic rings. The zero-order valence-corrected chi connectivity index (χ0v) is 11.9. The Morgan fingerprint density at radius 2 is 1.86 bits per heavy atom. The quantitative estimate of drug-likeness (QED) is 0.520. The van der Waals surface area contributed by atoms with Gasteiger partial charge in [0, 0.05) is 38.0 Å². The number of carbonyl (C=O) groups excluding carboxylic acids is 4. The minimum atomic E-state index is -0.714. The van der Waals surface area contributed by atoms with Crippen molar-refractivity contribution in [3.8, 4) is 0 Å². The molecule has 0 unspecified atom stereocenters. The Morgan fingerprint density at radius 1 is 1.24 bits per heavy atom. The van der Waals surface area contributed by atoms with E-state index in [1.807, 2.05) is 0 Å². The van der Waals surface area contributed by atoms with Crippen molar-refractivity contribution in [3.05, 3.63) is 12.2 Å². The molecule has 8 nitrogen and oxygen atoms in total. The lowest BCUT2D eigenvalue weighted by Gasteiger charge is -2.21. The summed E-state index contributed by atoms with van der Waals surface area (Å²) in [4.78, 5) is 46.3. The summed E-state index contributed by atoms with van der Waals surface area (Å²) in [5, 5.41) is 0. The maximum atomic E-state index is 11.5. The molecule has 2 atom stereocenters. The summed E-state index contributed by atoms with van der Waals surface area (Å²) >= 11 is 0. The summed E-state index contributed by atoms with van der Waals surface area (Å²) in [6.45, 7) is 1.57. The van der Waals surface area contributed by atoms with Crippen LogP contribution in [-0.2, 0) is 28.7 Å². The van der Waals surface area contributed by atoms with Gasteiger partial charge in [-0.3, -0.25) is 9.59 Å². The summed E-state index contributed by atoms with van der Waals surface area (Å²) in [5.74, 6) is -2.13. The third-order valence-corrected chi connectivity index (χ3v) is 3.06. The van der Waals surface area contributed by atoms with Crippen LogP contribution in [0.15, 0.2) is 12.2 Å². The average molecular weight is 298 g/mol. The van der Waals surface area contributed by atoms with E-state index in [1.165, 1.54) is 18.9 Å². The first-order chi connectivity index (χ1) is 9.83. The van der Waals surface area contributed by atoms with E-state index in [0.717, 1.165) is 12.2 Å². The zero-order valence-electron chi connectivity index (χ0n) is 11.9. The van der Waals surface area contributed by atoms with E-state index in [4.69, 9.17) is 10.5 Å². The number of carbonyl (C=O) groups is 4. The van der Waals surface area contributed by atoms with E-state index in [9.17, 15) is 19.2 Å². The van der Waals surface area contributed by atoms with E-state index in [2.05, 4.69) is 4.74 Å². The Hall–Kier alpha value is -2.38. The fraction of sp³-hybridized carbons (Fsp3) is 0.538. The molecular formula is C13H18N2O6. The molecule has 21 heavy (non-hydrogen) atoms. The van der Waals surface area contributed by atoms with Crippen LogP contribution in [0, 0.1) is 0 Å². The minimum absolute atomic E-state index is 0.0195. The Morgan fingerprint density at radius 3 is 2.38 bits per heavy atom. The highest BCUT2D eigenvalue weighted by Crippen LogP contribution is 2.23. The number of nitrogens with two attached hydrogens (primary N) is 1. The molecule has 116 valence electrons. The second-order valence-electron chi connectivity index (χ2n) is 4.65. The average Bonchev–Trinajstić information content (AvgIpc) is 2.77. The first-order valence-electron chi connectivity index (χ1n) is 6.35. The SMILES string of the molecule is COC(=O)/C=C/C(=O)O[C@@H]1C[C@@H](CC(N)=O)N(C(C)=O)C1. The lowest BCUT2D eigenvalue weighted by atomic mass is 10.1. The van der Waals surface area contributed by atoms with Crippen molar-refractivity contribution in [2.24, 2.45) is 5.73 Å². The molecule has 0 aromatic heterocycles. The largest absolute Gasteiger partial charge is 0.466 e. The van der Waals surface area contributed by atoms with Crippen LogP contribution < -0.4 is 5.73 Å². The van der Waals surface area contributed by atoms with Crippen LogP contribution in [-0.4, -0.2) is 54.5 Å². The molecule has 2 amide bonds. The van der Waals surface area contributed by atoms with Gasteiger partial charge in [0.25, 0.3) is 0 Å². The van der Waals surface area contributed by atoms with Gasteiger partial charge in [-0.25, -0.2) is 9.59 Å². The van der Waals surface area contributed by atoms with Crippen molar-refractivity contribution < 1.29 is 28.7 Å². The van der Waals surface area contributed by atoms with Crippen LogP contribution in [0.2, 0.25) is 0 Å². The van der Waals surface area contributed by atoms with E-state index in [0.29, 0.717) is 6.42 Å². The lowest BCUT2D eigenvalue weighted by Crippen LogP contribution is -2.36. The second-order valence-corrected chi connectivity index (χ2v) is 4.65. The maximum absolute atomic E-state index is 11.5. The van der Waals surface area contributed by atoms with Gasteiger partial charge in [-0.2, -0.15) is 0 Å². The van der Waals surface area contributed by atoms with Gasteiger partial charge < -0.3 is 20.1 Å². The molecule has 0 saturated carbocycles. The molecule has 2 N–H and O–H groups in total. The molecule has 0 aromatic carbocycles. The van der Waals surface area contributed by atoms with E-state index in [-0.39, 0.29) is 24.9 Å². The summed E-state index contributed by atoms with van der Waals surface area (Å²) in [6, 6.07) is -0.373. The van der Waals surface area contributed by atoms with E-state index in [1.54, 1.807) is 0 Å². The predicted octanol–water partition coefficient (Wildman–Crippen LogP) is -0.876. The molecule has 1 aliphatic rings. The molecule has 0 bridgehead atoms. The van der Waals surface area contributed by atoms with Gasteiger partial charge in [0.05, 0.1) is 13.7 Å². The van der Waals surface area contributed by atoms with Gasteiger partial charge in [0.2, 0.25) is 11.8 Å². The second kappa shape index (κ2) is 7.41. The standard InChI is InChI=1S/C13H18N2O6/c1-8(16)15-7-10(5-9(15)6-11(14)17)21-13(19)4-3-12(18)20-2/h3-4,9-10H,5-7H2,1-2H3,(H2,14,17)/b4-3+/t9-,10+/m0/s1. The highest BCUT2D eigenvalue weighted by molar-refractivity contribution is 5.91. The molecular weight excluding hydrogens is 280 g/mol. The smallest absolute Gasteiger partial charge is 0.331 e. The fourth-order valence-corrected chi connectivity index (χ4v) is 2.18. The van der Waals surface area contributed by atoms with Crippen LogP contribution in [0.4, 0.5) is 0 Å². The van der Waals surface area contributed by atoms with Gasteiger partial charge in [0.1, 0.15) is 6.10 Å². The normalized spacial score (nSPS) is 21.3. The Balaban J connectivity index is 2.59. The van der Waals surface area contributed by atoms with Crippen molar-refractivity contribution in [3.63, 3.8) is 0 Å². The topological polar surface area (TPSA) is 116 Å². The first kappa shape index (κ1) is 16.7. The van der Waals surface area contributed by atoms with E-state index < -0.39 is 23.9 Å². The third-order valence-electron chi connectivity index (χ3n) is 3.06. The Bertz CT molecular complexity index is 473. The first-order valence-corrected chi connectivity index (χ1v) is 6.35. The van der Waals surface area contributed by atoms with Gasteiger partial charge in [-0.05, 0) is 0 Å². The van der Waals surface area contributed by atoms with Crippen LogP contribution in [0.5, 0.6) is 0 Å². The Kier molecular flexibility index (Phi) is 5.89. The maximum Gasteiger partial charge on any atom is 0.331 e. The highest BCUT2D eigenvalue weighted by atomic mass is 16.5. The molecule has 0 aliphatic carbocycles. The summed E-state index contributed by atoms with van der Waals surface area (Å²) in [6.07, 6.45) is 1.71. The lowest BCUT2D eigenvalue weighted by molar-refractivity contribution is -0.144. The number of hydrogen-bond donors (Lipinski definition) is 1. The molecule has 0 spiro atoms. The molecule has 1 rings (SSSR count). The van der Waals surface area contributed by atoms with Crippen LogP contribution in [0.3, 0.4) is 0 Å². The summed E-state index contributed by atoms with van der Waals surface area (Å²) in [7, 11) is 1.19. The van der Waals surface area contributed by atoms with Gasteiger partial charge in [0.15, 0.2) is 0 Å². The summed E-state index contributed by atoms with van der Waals surface area (Å²) < 4.78 is 9.46. The third kappa shape index (κ3) is 5.25. The van der Waals surface area contributed by atoms with Gasteiger partial charge in [-0.15, -0.1) is 0 Å². The molecule has 1 aliphatic heterocycles. The number of primary amides is 1. The van der Waals surface area contributed by atoms with Crippen molar-refractivity contribution in [2.45, 2.75) is 31.9 Å². The summed E-state index contributed by atoms with van der Waals surface area (Å²) in [5.41, 5.74) is 5.13. The number of methoxy groups -OCH3 is 1. The van der Waals surface area contributed by atoms with Crippen LogP contribution >= 0.6 is 0 Å². The molecule has 1 saturated heterocycles. The van der Waals surface area contributed by atoms with Gasteiger partial charge >= 0.3 is 11.9 Å².